The molecule has 142 valence electrons. The maximum atomic E-state index is 12.4. The summed E-state index contributed by atoms with van der Waals surface area (Å²) in [5.41, 5.74) is 1.99. The summed E-state index contributed by atoms with van der Waals surface area (Å²) in [6.45, 7) is 5.12. The fraction of sp³-hybridized carbons (Fsp3) is 0.300. The van der Waals surface area contributed by atoms with Crippen LogP contribution in [0.2, 0.25) is 0 Å². The Bertz CT molecular complexity index is 818. The van der Waals surface area contributed by atoms with Gasteiger partial charge in [-0.05, 0) is 44.2 Å². The number of carbonyl (C=O) groups is 2. The molecule has 0 aliphatic carbocycles. The van der Waals surface area contributed by atoms with Crippen LogP contribution in [-0.2, 0) is 6.54 Å². The van der Waals surface area contributed by atoms with Crippen molar-refractivity contribution in [2.75, 3.05) is 18.5 Å². The fourth-order valence-electron chi connectivity index (χ4n) is 2.69. The molecule has 3 N–H and O–H groups in total. The first-order valence-electron chi connectivity index (χ1n) is 8.86. The van der Waals surface area contributed by atoms with Crippen molar-refractivity contribution < 1.29 is 19.1 Å². The van der Waals surface area contributed by atoms with Crippen molar-refractivity contribution in [3.63, 3.8) is 0 Å². The molecule has 0 spiro atoms. The quantitative estimate of drug-likeness (QED) is 0.756. The van der Waals surface area contributed by atoms with Crippen LogP contribution < -0.4 is 25.4 Å². The van der Waals surface area contributed by atoms with E-state index in [4.69, 9.17) is 9.47 Å². The Hall–Kier alpha value is -3.22. The molecule has 3 amide bonds. The molecule has 1 aliphatic rings. The normalized spacial score (nSPS) is 12.4. The van der Waals surface area contributed by atoms with E-state index in [2.05, 4.69) is 16.0 Å². The maximum absolute atomic E-state index is 12.4. The molecular weight excluding hydrogens is 346 g/mol. The fourth-order valence-corrected chi connectivity index (χ4v) is 2.69. The number of hydrogen-bond acceptors (Lipinski definition) is 4. The predicted molar refractivity (Wildman–Crippen MR) is 102 cm³/mol. The molecule has 1 aliphatic heterocycles. The summed E-state index contributed by atoms with van der Waals surface area (Å²) in [5, 5.41) is 8.34. The first-order valence-corrected chi connectivity index (χ1v) is 8.86. The minimum atomic E-state index is -0.279. The number of nitrogens with one attached hydrogen (secondary N) is 3. The van der Waals surface area contributed by atoms with Gasteiger partial charge in [0.25, 0.3) is 5.91 Å². The molecule has 0 atom stereocenters. The number of carbonyl (C=O) groups excluding carboxylic acids is 2. The minimum Gasteiger partial charge on any atom is -0.486 e. The summed E-state index contributed by atoms with van der Waals surface area (Å²) in [6, 6.07) is 12.1. The topological polar surface area (TPSA) is 88.7 Å². The molecule has 0 radical (unpaired) electrons. The summed E-state index contributed by atoms with van der Waals surface area (Å²) in [5.74, 6) is 1.17. The first kappa shape index (κ1) is 18.6. The summed E-state index contributed by atoms with van der Waals surface area (Å²) in [7, 11) is 0. The maximum Gasteiger partial charge on any atom is 0.319 e. The number of fused-ring (bicyclic) bond motifs is 1. The number of ether oxygens (including phenoxy) is 2. The van der Waals surface area contributed by atoms with Crippen LogP contribution in [0.1, 0.15) is 29.8 Å². The highest BCUT2D eigenvalue weighted by Crippen LogP contribution is 2.33. The average Bonchev–Trinajstić information content (AvgIpc) is 2.66. The standard InChI is InChI=1S/C20H23N3O4/c1-13(2)22-20(25)23-16-8-6-14(7-9-16)19(24)21-12-15-4-3-5-17-18(15)27-11-10-26-17/h3-9,13H,10-12H2,1-2H3,(H,21,24)(H2,22,23,25). The van der Waals surface area contributed by atoms with E-state index in [0.717, 1.165) is 5.56 Å². The average molecular weight is 369 g/mol. The lowest BCUT2D eigenvalue weighted by molar-refractivity contribution is 0.0950. The second-order valence-corrected chi connectivity index (χ2v) is 6.45. The smallest absolute Gasteiger partial charge is 0.319 e. The Balaban J connectivity index is 1.58. The molecular formula is C20H23N3O4. The zero-order valence-electron chi connectivity index (χ0n) is 15.4. The summed E-state index contributed by atoms with van der Waals surface area (Å²) >= 11 is 0. The van der Waals surface area contributed by atoms with Crippen LogP contribution in [0.25, 0.3) is 0 Å². The number of benzene rings is 2. The third kappa shape index (κ3) is 4.91. The molecule has 0 unspecified atom stereocenters. The Morgan fingerprint density at radius 3 is 2.52 bits per heavy atom. The predicted octanol–water partition coefficient (Wildman–Crippen LogP) is 2.92. The number of amides is 3. The third-order valence-corrected chi connectivity index (χ3v) is 3.91. The van der Waals surface area contributed by atoms with E-state index in [1.54, 1.807) is 24.3 Å². The van der Waals surface area contributed by atoms with Gasteiger partial charge in [-0.1, -0.05) is 12.1 Å². The van der Waals surface area contributed by atoms with E-state index in [-0.39, 0.29) is 18.0 Å². The van der Waals surface area contributed by atoms with Gasteiger partial charge in [-0.25, -0.2) is 4.79 Å². The Morgan fingerprint density at radius 1 is 1.04 bits per heavy atom. The van der Waals surface area contributed by atoms with Gasteiger partial charge in [-0.2, -0.15) is 0 Å². The monoisotopic (exact) mass is 369 g/mol. The number of urea groups is 1. The van der Waals surface area contributed by atoms with Gasteiger partial charge in [-0.15, -0.1) is 0 Å². The van der Waals surface area contributed by atoms with Crippen molar-refractivity contribution in [1.82, 2.24) is 10.6 Å². The van der Waals surface area contributed by atoms with Gasteiger partial charge in [0.15, 0.2) is 11.5 Å². The van der Waals surface area contributed by atoms with Crippen molar-refractivity contribution in [3.05, 3.63) is 53.6 Å². The molecule has 0 bridgehead atoms. The second kappa shape index (κ2) is 8.44. The van der Waals surface area contributed by atoms with Gasteiger partial charge in [-0.3, -0.25) is 4.79 Å². The largest absolute Gasteiger partial charge is 0.486 e. The molecule has 2 aromatic rings. The molecule has 0 aromatic heterocycles. The Morgan fingerprint density at radius 2 is 1.78 bits per heavy atom. The van der Waals surface area contributed by atoms with E-state index in [1.165, 1.54) is 0 Å². The van der Waals surface area contributed by atoms with Gasteiger partial charge in [0.1, 0.15) is 13.2 Å². The van der Waals surface area contributed by atoms with Crippen molar-refractivity contribution in [1.29, 1.82) is 0 Å². The number of rotatable bonds is 5. The molecule has 0 saturated heterocycles. The van der Waals surface area contributed by atoms with Crippen molar-refractivity contribution >= 4 is 17.6 Å². The number of anilines is 1. The van der Waals surface area contributed by atoms with Crippen LogP contribution in [0.5, 0.6) is 11.5 Å². The van der Waals surface area contributed by atoms with Crippen molar-refractivity contribution in [2.45, 2.75) is 26.4 Å². The number of para-hydroxylation sites is 1. The van der Waals surface area contributed by atoms with Crippen LogP contribution in [0, 0.1) is 0 Å². The third-order valence-electron chi connectivity index (χ3n) is 3.91. The van der Waals surface area contributed by atoms with Gasteiger partial charge in [0, 0.05) is 29.4 Å². The highest BCUT2D eigenvalue weighted by Gasteiger charge is 2.16. The van der Waals surface area contributed by atoms with Crippen LogP contribution in [-0.4, -0.2) is 31.2 Å². The lowest BCUT2D eigenvalue weighted by Gasteiger charge is -2.21. The molecule has 27 heavy (non-hydrogen) atoms. The van der Waals surface area contributed by atoms with Crippen LogP contribution >= 0.6 is 0 Å². The highest BCUT2D eigenvalue weighted by atomic mass is 16.6. The van der Waals surface area contributed by atoms with E-state index >= 15 is 0 Å². The molecule has 0 saturated carbocycles. The SMILES string of the molecule is CC(C)NC(=O)Nc1ccc(C(=O)NCc2cccc3c2OCCO3)cc1. The van der Waals surface area contributed by atoms with E-state index in [0.29, 0.717) is 42.5 Å². The molecule has 0 fully saturated rings. The number of hydrogen-bond donors (Lipinski definition) is 3. The van der Waals surface area contributed by atoms with Crippen LogP contribution in [0.3, 0.4) is 0 Å². The summed E-state index contributed by atoms with van der Waals surface area (Å²) in [4.78, 5) is 24.1. The minimum absolute atomic E-state index is 0.0492. The van der Waals surface area contributed by atoms with Gasteiger partial charge < -0.3 is 25.4 Å². The van der Waals surface area contributed by atoms with Crippen LogP contribution in [0.4, 0.5) is 10.5 Å². The summed E-state index contributed by atoms with van der Waals surface area (Å²) < 4.78 is 11.2. The van der Waals surface area contributed by atoms with Crippen molar-refractivity contribution in [3.8, 4) is 11.5 Å². The van der Waals surface area contributed by atoms with Crippen molar-refractivity contribution in [2.24, 2.45) is 0 Å². The van der Waals surface area contributed by atoms with Crippen LogP contribution in [0.15, 0.2) is 42.5 Å². The highest BCUT2D eigenvalue weighted by molar-refractivity contribution is 5.95. The zero-order chi connectivity index (χ0) is 19.2. The van der Waals surface area contributed by atoms with Gasteiger partial charge >= 0.3 is 6.03 Å². The van der Waals surface area contributed by atoms with Gasteiger partial charge in [0.2, 0.25) is 0 Å². The zero-order valence-corrected chi connectivity index (χ0v) is 15.4. The lowest BCUT2D eigenvalue weighted by atomic mass is 10.1. The molecule has 7 heteroatoms. The Labute approximate surface area is 158 Å². The second-order valence-electron chi connectivity index (χ2n) is 6.45. The summed E-state index contributed by atoms with van der Waals surface area (Å²) in [6.07, 6.45) is 0. The molecule has 1 heterocycles. The van der Waals surface area contributed by atoms with Gasteiger partial charge in [0.05, 0.1) is 0 Å². The lowest BCUT2D eigenvalue weighted by Crippen LogP contribution is -2.34. The van der Waals surface area contributed by atoms with E-state index in [1.807, 2.05) is 32.0 Å². The van der Waals surface area contributed by atoms with E-state index in [9.17, 15) is 9.59 Å². The molecule has 7 nitrogen and oxygen atoms in total. The molecule has 2 aromatic carbocycles. The first-order chi connectivity index (χ1) is 13.0. The molecule has 3 rings (SSSR count). The van der Waals surface area contributed by atoms with E-state index < -0.39 is 0 Å². The Kier molecular flexibility index (Phi) is 5.80.